The summed E-state index contributed by atoms with van der Waals surface area (Å²) in [5.41, 5.74) is 0.738. The molecule has 0 heterocycles. The third-order valence-electron chi connectivity index (χ3n) is 4.10. The Labute approximate surface area is 157 Å². The quantitative estimate of drug-likeness (QED) is 0.585. The maximum Gasteiger partial charge on any atom is 0.303 e. The van der Waals surface area contributed by atoms with Gasteiger partial charge >= 0.3 is 5.97 Å². The van der Waals surface area contributed by atoms with Gasteiger partial charge in [0.15, 0.2) is 0 Å². The molecule has 2 aromatic rings. The summed E-state index contributed by atoms with van der Waals surface area (Å²) in [6.45, 7) is 0.279. The zero-order chi connectivity index (χ0) is 19.6. The van der Waals surface area contributed by atoms with Crippen molar-refractivity contribution in [3.63, 3.8) is 0 Å². The van der Waals surface area contributed by atoms with Crippen LogP contribution in [0.25, 0.3) is 10.8 Å². The highest BCUT2D eigenvalue weighted by Crippen LogP contribution is 2.22. The predicted molar refractivity (Wildman–Crippen MR) is 99.8 cm³/mol. The van der Waals surface area contributed by atoms with Crippen molar-refractivity contribution in [3.05, 3.63) is 48.0 Å². The molecule has 2 aromatic carbocycles. The maximum atomic E-state index is 12.6. The lowest BCUT2D eigenvalue weighted by molar-refractivity contribution is -0.139. The van der Waals surface area contributed by atoms with E-state index in [1.807, 2.05) is 48.5 Å². The Morgan fingerprint density at radius 3 is 2.48 bits per heavy atom. The Morgan fingerprint density at radius 1 is 1.04 bits per heavy atom. The molecule has 0 aliphatic rings. The number of hydrogen-bond acceptors (Lipinski definition) is 4. The fourth-order valence-electron chi connectivity index (χ4n) is 2.68. The van der Waals surface area contributed by atoms with Crippen molar-refractivity contribution in [2.24, 2.45) is 0 Å². The molecule has 0 aliphatic carbocycles. The van der Waals surface area contributed by atoms with E-state index < -0.39 is 17.8 Å². The average molecular weight is 367 g/mol. The van der Waals surface area contributed by atoms with Gasteiger partial charge in [0.2, 0.25) is 11.8 Å². The van der Waals surface area contributed by atoms with E-state index in [0.29, 0.717) is 0 Å². The molecule has 0 aromatic heterocycles. The summed E-state index contributed by atoms with van der Waals surface area (Å²) in [5, 5.41) is 24.6. The second-order valence-electron chi connectivity index (χ2n) is 6.06. The van der Waals surface area contributed by atoms with Gasteiger partial charge in [-0.25, -0.2) is 0 Å². The Kier molecular flexibility index (Phi) is 7.32. The van der Waals surface area contributed by atoms with E-state index in [2.05, 4.69) is 10.6 Å². The summed E-state index contributed by atoms with van der Waals surface area (Å²) >= 11 is 0. The van der Waals surface area contributed by atoms with E-state index in [-0.39, 0.29) is 38.3 Å². The SMILES string of the molecule is N#CCCNC(=O)C(CNC(=O)CCC(=O)O)c1ccc2ccccc2c1. The maximum absolute atomic E-state index is 12.6. The second kappa shape index (κ2) is 9.92. The van der Waals surface area contributed by atoms with Gasteiger partial charge in [0.05, 0.1) is 24.8 Å². The zero-order valence-electron chi connectivity index (χ0n) is 14.8. The van der Waals surface area contributed by atoms with E-state index in [1.165, 1.54) is 0 Å². The molecule has 0 saturated carbocycles. The standard InChI is InChI=1S/C20H21N3O4/c21-10-3-11-22-20(27)17(13-23-18(24)8-9-19(25)26)16-7-6-14-4-1-2-5-15(14)12-16/h1-2,4-7,12,17H,3,8-9,11,13H2,(H,22,27)(H,23,24)(H,25,26). The van der Waals surface area contributed by atoms with Gasteiger partial charge in [-0.1, -0.05) is 42.5 Å². The normalized spacial score (nSPS) is 11.4. The number of nitriles is 1. The molecule has 0 radical (unpaired) electrons. The van der Waals surface area contributed by atoms with Gasteiger partial charge in [-0.3, -0.25) is 14.4 Å². The second-order valence-corrected chi connectivity index (χ2v) is 6.06. The number of aliphatic carboxylic acids is 1. The molecule has 7 nitrogen and oxygen atoms in total. The van der Waals surface area contributed by atoms with Crippen LogP contribution in [0.3, 0.4) is 0 Å². The van der Waals surface area contributed by atoms with Crippen molar-refractivity contribution in [2.75, 3.05) is 13.1 Å². The van der Waals surface area contributed by atoms with Crippen LogP contribution in [0, 0.1) is 11.3 Å². The van der Waals surface area contributed by atoms with Crippen molar-refractivity contribution in [2.45, 2.75) is 25.2 Å². The lowest BCUT2D eigenvalue weighted by Crippen LogP contribution is -2.37. The fraction of sp³-hybridized carbons (Fsp3) is 0.300. The first-order chi connectivity index (χ1) is 13.0. The molecule has 0 fully saturated rings. The average Bonchev–Trinajstić information content (AvgIpc) is 2.66. The number of carboxylic acid groups (broad SMARTS) is 1. The van der Waals surface area contributed by atoms with Crippen molar-refractivity contribution in [1.82, 2.24) is 10.6 Å². The van der Waals surface area contributed by atoms with Gasteiger partial charge in [-0.2, -0.15) is 5.26 Å². The number of amides is 2. The molecular formula is C20H21N3O4. The molecule has 0 bridgehead atoms. The van der Waals surface area contributed by atoms with Crippen LogP contribution in [0.2, 0.25) is 0 Å². The lowest BCUT2D eigenvalue weighted by atomic mass is 9.95. The number of nitrogens with zero attached hydrogens (tertiary/aromatic N) is 1. The predicted octanol–water partition coefficient (Wildman–Crippen LogP) is 1.93. The number of rotatable bonds is 9. The van der Waals surface area contributed by atoms with Crippen LogP contribution in [0.1, 0.15) is 30.7 Å². The highest BCUT2D eigenvalue weighted by atomic mass is 16.4. The highest BCUT2D eigenvalue weighted by molar-refractivity contribution is 5.89. The van der Waals surface area contributed by atoms with Gasteiger partial charge in [-0.05, 0) is 16.3 Å². The van der Waals surface area contributed by atoms with Crippen LogP contribution in [-0.4, -0.2) is 36.0 Å². The first-order valence-electron chi connectivity index (χ1n) is 8.63. The summed E-state index contributed by atoms with van der Waals surface area (Å²) in [6.07, 6.45) is -0.210. The number of hydrogen-bond donors (Lipinski definition) is 3. The van der Waals surface area contributed by atoms with Crippen LogP contribution in [-0.2, 0) is 14.4 Å². The molecule has 140 valence electrons. The topological polar surface area (TPSA) is 119 Å². The zero-order valence-corrected chi connectivity index (χ0v) is 14.8. The molecule has 2 rings (SSSR count). The highest BCUT2D eigenvalue weighted by Gasteiger charge is 2.21. The molecule has 7 heteroatoms. The minimum atomic E-state index is -1.05. The molecular weight excluding hydrogens is 346 g/mol. The summed E-state index contributed by atoms with van der Waals surface area (Å²) in [6, 6.07) is 15.3. The Hall–Kier alpha value is -3.40. The van der Waals surface area contributed by atoms with Crippen molar-refractivity contribution in [3.8, 4) is 6.07 Å². The van der Waals surface area contributed by atoms with Gasteiger partial charge in [-0.15, -0.1) is 0 Å². The van der Waals surface area contributed by atoms with Crippen LogP contribution in [0.4, 0.5) is 0 Å². The van der Waals surface area contributed by atoms with Crippen molar-refractivity contribution in [1.29, 1.82) is 5.26 Å². The summed E-state index contributed by atoms with van der Waals surface area (Å²) in [4.78, 5) is 35.0. The van der Waals surface area contributed by atoms with E-state index >= 15 is 0 Å². The van der Waals surface area contributed by atoms with Crippen LogP contribution in [0.5, 0.6) is 0 Å². The first kappa shape index (κ1) is 19.9. The van der Waals surface area contributed by atoms with E-state index in [4.69, 9.17) is 10.4 Å². The first-order valence-corrected chi connectivity index (χ1v) is 8.63. The van der Waals surface area contributed by atoms with E-state index in [0.717, 1.165) is 16.3 Å². The summed E-state index contributed by atoms with van der Waals surface area (Å²) in [5.74, 6) is -2.40. The number of benzene rings is 2. The minimum Gasteiger partial charge on any atom is -0.481 e. The Morgan fingerprint density at radius 2 is 1.78 bits per heavy atom. The van der Waals surface area contributed by atoms with Crippen LogP contribution < -0.4 is 10.6 Å². The van der Waals surface area contributed by atoms with Gasteiger partial charge < -0.3 is 15.7 Å². The van der Waals surface area contributed by atoms with Crippen molar-refractivity contribution >= 4 is 28.6 Å². The molecule has 0 spiro atoms. The Balaban J connectivity index is 2.15. The van der Waals surface area contributed by atoms with Crippen molar-refractivity contribution < 1.29 is 19.5 Å². The smallest absolute Gasteiger partial charge is 0.303 e. The number of carbonyl (C=O) groups is 3. The van der Waals surface area contributed by atoms with E-state index in [1.54, 1.807) is 0 Å². The third-order valence-corrected chi connectivity index (χ3v) is 4.10. The monoisotopic (exact) mass is 367 g/mol. The largest absolute Gasteiger partial charge is 0.481 e. The lowest BCUT2D eigenvalue weighted by Gasteiger charge is -2.18. The molecule has 3 N–H and O–H groups in total. The third kappa shape index (κ3) is 6.12. The van der Waals surface area contributed by atoms with E-state index in [9.17, 15) is 14.4 Å². The molecule has 1 atom stereocenters. The number of nitrogens with one attached hydrogen (secondary N) is 2. The van der Waals surface area contributed by atoms with Crippen LogP contribution >= 0.6 is 0 Å². The van der Waals surface area contributed by atoms with Gasteiger partial charge in [0.1, 0.15) is 0 Å². The Bertz CT molecular complexity index is 873. The molecule has 1 unspecified atom stereocenters. The number of carbonyl (C=O) groups excluding carboxylic acids is 2. The van der Waals surface area contributed by atoms with Crippen LogP contribution in [0.15, 0.2) is 42.5 Å². The minimum absolute atomic E-state index is 0.0508. The number of carboxylic acids is 1. The molecule has 0 aliphatic heterocycles. The molecule has 27 heavy (non-hydrogen) atoms. The van der Waals surface area contributed by atoms with Gasteiger partial charge in [0, 0.05) is 19.5 Å². The summed E-state index contributed by atoms with van der Waals surface area (Å²) in [7, 11) is 0. The molecule has 0 saturated heterocycles. The molecule has 2 amide bonds. The van der Waals surface area contributed by atoms with Gasteiger partial charge in [0.25, 0.3) is 0 Å². The fourth-order valence-corrected chi connectivity index (χ4v) is 2.68. The number of fused-ring (bicyclic) bond motifs is 1. The summed E-state index contributed by atoms with van der Waals surface area (Å²) < 4.78 is 0.